The topological polar surface area (TPSA) is 57.6 Å². The molecule has 3 unspecified atom stereocenters. The van der Waals surface area contributed by atoms with E-state index in [2.05, 4.69) is 0 Å². The van der Waals surface area contributed by atoms with Gasteiger partial charge in [-0.1, -0.05) is 43.2 Å². The van der Waals surface area contributed by atoms with Gasteiger partial charge in [-0.15, -0.1) is 0 Å². The summed E-state index contributed by atoms with van der Waals surface area (Å²) in [6.45, 7) is 0.0533. The smallest absolute Gasteiger partial charge is 0.237 e. The minimum atomic E-state index is -0.347. The fourth-order valence-electron chi connectivity index (χ4n) is 3.69. The molecule has 1 aliphatic heterocycles. The lowest BCUT2D eigenvalue weighted by Crippen LogP contribution is -2.47. The summed E-state index contributed by atoms with van der Waals surface area (Å²) in [6.07, 6.45) is 4.07. The van der Waals surface area contributed by atoms with Gasteiger partial charge in [-0.2, -0.15) is 0 Å². The molecular weight excluding hydrogens is 266 g/mol. The van der Waals surface area contributed by atoms with Crippen molar-refractivity contribution in [3.8, 4) is 0 Å². The third-order valence-corrected chi connectivity index (χ3v) is 4.82. The van der Waals surface area contributed by atoms with Crippen molar-refractivity contribution in [2.75, 3.05) is 6.61 Å². The quantitative estimate of drug-likeness (QED) is 0.866. The molecule has 4 heteroatoms. The Hall–Kier alpha value is -1.68. The summed E-state index contributed by atoms with van der Waals surface area (Å²) in [5.41, 5.74) is 0.912. The largest absolute Gasteiger partial charge is 0.396 e. The van der Waals surface area contributed by atoms with Crippen molar-refractivity contribution in [1.82, 2.24) is 4.90 Å². The molecule has 3 atom stereocenters. The van der Waals surface area contributed by atoms with Crippen molar-refractivity contribution in [2.45, 2.75) is 44.1 Å². The zero-order valence-corrected chi connectivity index (χ0v) is 12.1. The molecule has 1 N–H and O–H groups in total. The summed E-state index contributed by atoms with van der Waals surface area (Å²) < 4.78 is 0. The van der Waals surface area contributed by atoms with E-state index in [1.54, 1.807) is 0 Å². The van der Waals surface area contributed by atoms with Crippen LogP contribution in [0.3, 0.4) is 0 Å². The van der Waals surface area contributed by atoms with Gasteiger partial charge < -0.3 is 5.11 Å². The number of benzene rings is 1. The van der Waals surface area contributed by atoms with E-state index in [0.29, 0.717) is 0 Å². The molecule has 3 rings (SSSR count). The van der Waals surface area contributed by atoms with E-state index in [1.165, 1.54) is 4.90 Å². The summed E-state index contributed by atoms with van der Waals surface area (Å²) in [4.78, 5) is 26.5. The predicted octanol–water partition coefficient (Wildman–Crippen LogP) is 2.08. The maximum Gasteiger partial charge on any atom is 0.237 e. The molecule has 21 heavy (non-hydrogen) atoms. The second kappa shape index (κ2) is 5.98. The molecule has 4 nitrogen and oxygen atoms in total. The molecule has 1 saturated heterocycles. The van der Waals surface area contributed by atoms with Crippen LogP contribution in [0.4, 0.5) is 0 Å². The van der Waals surface area contributed by atoms with E-state index in [0.717, 1.165) is 31.2 Å². The number of amides is 2. The summed E-state index contributed by atoms with van der Waals surface area (Å²) in [5.74, 6) is -0.475. The van der Waals surface area contributed by atoms with Crippen molar-refractivity contribution >= 4 is 11.8 Å². The van der Waals surface area contributed by atoms with Crippen molar-refractivity contribution in [3.63, 3.8) is 0 Å². The van der Waals surface area contributed by atoms with E-state index in [4.69, 9.17) is 0 Å². The summed E-state index contributed by atoms with van der Waals surface area (Å²) >= 11 is 0. The van der Waals surface area contributed by atoms with E-state index < -0.39 is 0 Å². The monoisotopic (exact) mass is 287 g/mol. The Morgan fingerprint density at radius 2 is 1.81 bits per heavy atom. The Bertz CT molecular complexity index is 528. The number of aliphatic hydroxyl groups is 1. The highest BCUT2D eigenvalue weighted by Crippen LogP contribution is 2.36. The van der Waals surface area contributed by atoms with Gasteiger partial charge >= 0.3 is 0 Å². The maximum absolute atomic E-state index is 12.7. The van der Waals surface area contributed by atoms with Crippen LogP contribution in [0, 0.1) is 5.92 Å². The highest BCUT2D eigenvalue weighted by atomic mass is 16.3. The molecule has 1 saturated carbocycles. The van der Waals surface area contributed by atoms with Crippen LogP contribution in [0.15, 0.2) is 30.3 Å². The lowest BCUT2D eigenvalue weighted by Gasteiger charge is -2.36. The first-order chi connectivity index (χ1) is 10.2. The molecule has 0 radical (unpaired) electrons. The fraction of sp³-hybridized carbons (Fsp3) is 0.529. The minimum absolute atomic E-state index is 0.0428. The summed E-state index contributed by atoms with van der Waals surface area (Å²) in [5, 5.41) is 9.53. The van der Waals surface area contributed by atoms with Gasteiger partial charge in [-0.3, -0.25) is 14.5 Å². The van der Waals surface area contributed by atoms with Gasteiger partial charge in [0.15, 0.2) is 0 Å². The number of hydrogen-bond acceptors (Lipinski definition) is 3. The zero-order valence-electron chi connectivity index (χ0n) is 12.1. The van der Waals surface area contributed by atoms with Gasteiger partial charge in [0.05, 0.1) is 5.92 Å². The fourth-order valence-corrected chi connectivity index (χ4v) is 3.69. The maximum atomic E-state index is 12.7. The highest BCUT2D eigenvalue weighted by Gasteiger charge is 2.45. The van der Waals surface area contributed by atoms with Gasteiger partial charge in [-0.25, -0.2) is 0 Å². The van der Waals surface area contributed by atoms with Gasteiger partial charge in [0.25, 0.3) is 0 Å². The molecule has 2 fully saturated rings. The predicted molar refractivity (Wildman–Crippen MR) is 78.5 cm³/mol. The molecule has 1 aliphatic carbocycles. The van der Waals surface area contributed by atoms with E-state index in [1.807, 2.05) is 30.3 Å². The average molecular weight is 287 g/mol. The molecule has 2 aliphatic rings. The van der Waals surface area contributed by atoms with Crippen LogP contribution >= 0.6 is 0 Å². The number of carbonyl (C=O) groups is 2. The molecule has 1 aromatic carbocycles. The van der Waals surface area contributed by atoms with Crippen LogP contribution in [0.5, 0.6) is 0 Å². The lowest BCUT2D eigenvalue weighted by molar-refractivity contribution is -0.144. The van der Waals surface area contributed by atoms with Gasteiger partial charge in [0.1, 0.15) is 0 Å². The number of aliphatic hydroxyl groups excluding tert-OH is 1. The van der Waals surface area contributed by atoms with E-state index >= 15 is 0 Å². The van der Waals surface area contributed by atoms with Crippen LogP contribution in [0.2, 0.25) is 0 Å². The van der Waals surface area contributed by atoms with E-state index in [9.17, 15) is 14.7 Å². The Kier molecular flexibility index (Phi) is 4.06. The Morgan fingerprint density at radius 3 is 2.52 bits per heavy atom. The summed E-state index contributed by atoms with van der Waals surface area (Å²) in [6, 6.07) is 9.40. The number of carbonyl (C=O) groups excluding carboxylic acids is 2. The highest BCUT2D eigenvalue weighted by molar-refractivity contribution is 6.06. The molecule has 0 spiro atoms. The van der Waals surface area contributed by atoms with Crippen molar-refractivity contribution < 1.29 is 14.7 Å². The molecule has 112 valence electrons. The molecular formula is C17H21NO3. The van der Waals surface area contributed by atoms with Crippen LogP contribution < -0.4 is 0 Å². The van der Waals surface area contributed by atoms with Gasteiger partial charge in [0.2, 0.25) is 11.8 Å². The van der Waals surface area contributed by atoms with E-state index in [-0.39, 0.29) is 42.7 Å². The minimum Gasteiger partial charge on any atom is -0.396 e. The van der Waals surface area contributed by atoms with Crippen molar-refractivity contribution in [2.24, 2.45) is 5.92 Å². The van der Waals surface area contributed by atoms with Crippen LogP contribution in [0.25, 0.3) is 0 Å². The average Bonchev–Trinajstić information content (AvgIpc) is 2.83. The number of rotatable bonds is 3. The standard InChI is InChI=1S/C17H21NO3/c19-11-13-8-4-5-9-15(13)18-16(20)10-14(17(18)21)12-6-2-1-3-7-12/h1-3,6-7,13-15,19H,4-5,8-11H2. The van der Waals surface area contributed by atoms with Crippen LogP contribution in [0.1, 0.15) is 43.6 Å². The normalized spacial score (nSPS) is 30.0. The molecule has 1 heterocycles. The SMILES string of the molecule is O=C1CC(c2ccccc2)C(=O)N1C1CCCCC1CO. The Labute approximate surface area is 124 Å². The third-order valence-electron chi connectivity index (χ3n) is 4.82. The van der Waals surface area contributed by atoms with Crippen molar-refractivity contribution in [3.05, 3.63) is 35.9 Å². The van der Waals surface area contributed by atoms with Crippen molar-refractivity contribution in [1.29, 1.82) is 0 Å². The summed E-state index contributed by atoms with van der Waals surface area (Å²) in [7, 11) is 0. The molecule has 1 aromatic rings. The number of hydrogen-bond donors (Lipinski definition) is 1. The lowest BCUT2D eigenvalue weighted by atomic mass is 9.84. The van der Waals surface area contributed by atoms with Gasteiger partial charge in [-0.05, 0) is 18.4 Å². The first kappa shape index (κ1) is 14.3. The number of imide groups is 1. The number of likely N-dealkylation sites (tertiary alicyclic amines) is 1. The zero-order chi connectivity index (χ0) is 14.8. The van der Waals surface area contributed by atoms with Gasteiger partial charge in [0, 0.05) is 25.0 Å². The molecule has 0 aromatic heterocycles. The Morgan fingerprint density at radius 1 is 1.10 bits per heavy atom. The number of nitrogens with zero attached hydrogens (tertiary/aromatic N) is 1. The third kappa shape index (κ3) is 2.60. The second-order valence-corrected chi connectivity index (χ2v) is 6.06. The molecule has 2 amide bonds. The van der Waals surface area contributed by atoms with Crippen LogP contribution in [-0.2, 0) is 9.59 Å². The van der Waals surface area contributed by atoms with Crippen LogP contribution in [-0.4, -0.2) is 34.5 Å². The molecule has 0 bridgehead atoms. The Balaban J connectivity index is 1.83. The first-order valence-corrected chi connectivity index (χ1v) is 7.74. The second-order valence-electron chi connectivity index (χ2n) is 6.06. The first-order valence-electron chi connectivity index (χ1n) is 7.74.